The summed E-state index contributed by atoms with van der Waals surface area (Å²) in [5.41, 5.74) is 4.54. The molecule has 0 atom stereocenters. The van der Waals surface area contributed by atoms with E-state index in [1.54, 1.807) is 18.6 Å². The van der Waals surface area contributed by atoms with Crippen molar-refractivity contribution < 1.29 is 0 Å². The quantitative estimate of drug-likeness (QED) is 0.507. The van der Waals surface area contributed by atoms with Crippen LogP contribution in [0.1, 0.15) is 24.6 Å². The molecule has 0 unspecified atom stereocenters. The van der Waals surface area contributed by atoms with E-state index in [0.717, 1.165) is 84.6 Å². The van der Waals surface area contributed by atoms with Crippen molar-refractivity contribution in [2.45, 2.75) is 29.8 Å². The molecule has 1 saturated heterocycles. The third-order valence-electron chi connectivity index (χ3n) is 5.74. The second kappa shape index (κ2) is 9.66. The second-order valence-electron chi connectivity index (χ2n) is 7.81. The zero-order valence-corrected chi connectivity index (χ0v) is 19.5. The van der Waals surface area contributed by atoms with E-state index < -0.39 is 0 Å². The number of rotatable bonds is 7. The predicted octanol–water partition coefficient (Wildman–Crippen LogP) is 3.20. The summed E-state index contributed by atoms with van der Waals surface area (Å²) in [5, 5.41) is 8.41. The van der Waals surface area contributed by atoms with E-state index in [-0.39, 0.29) is 0 Å². The van der Waals surface area contributed by atoms with Crippen LogP contribution >= 0.6 is 23.4 Å². The van der Waals surface area contributed by atoms with Crippen LogP contribution in [0, 0.1) is 0 Å². The van der Waals surface area contributed by atoms with Crippen molar-refractivity contribution in [3.63, 3.8) is 0 Å². The number of aromatic nitrogens is 5. The van der Waals surface area contributed by atoms with Gasteiger partial charge in [0.15, 0.2) is 10.8 Å². The number of nitrogens with one attached hydrogen (secondary N) is 2. The maximum Gasteiger partial charge on any atom is 0.194 e. The topological polar surface area (TPSA) is 91.8 Å². The molecule has 4 heterocycles. The molecule has 0 radical (unpaired) electrons. The molecule has 0 saturated carbocycles. The fourth-order valence-electron chi connectivity index (χ4n) is 4.02. The van der Waals surface area contributed by atoms with Crippen LogP contribution in [0.2, 0.25) is 0 Å². The van der Waals surface area contributed by atoms with Crippen LogP contribution in [0.4, 0.5) is 5.82 Å². The van der Waals surface area contributed by atoms with Crippen molar-refractivity contribution in [3.8, 4) is 0 Å². The van der Waals surface area contributed by atoms with Gasteiger partial charge in [0, 0.05) is 69.2 Å². The summed E-state index contributed by atoms with van der Waals surface area (Å²) >= 11 is 8.21. The largest absolute Gasteiger partial charge is 0.368 e. The normalized spacial score (nSPS) is 16.6. The van der Waals surface area contributed by atoms with Gasteiger partial charge in [-0.1, -0.05) is 18.5 Å². The van der Waals surface area contributed by atoms with Gasteiger partial charge in [-0.15, -0.1) is 0 Å². The Morgan fingerprint density at radius 3 is 2.84 bits per heavy atom. The fraction of sp³-hybridized carbons (Fsp3) is 0.409. The maximum atomic E-state index is 6.73. The first-order valence-electron chi connectivity index (χ1n) is 10.9. The Bertz CT molecular complexity index is 1160. The highest BCUT2D eigenvalue weighted by Crippen LogP contribution is 2.41. The number of halogens is 1. The maximum absolute atomic E-state index is 6.73. The molecule has 2 N–H and O–H groups in total. The SMILES string of the molecule is CCC1=C(Cl)c2c(nc(Sc3cnc4nccnc4c3)nc2NCCN2CCNCC2)C1. The van der Waals surface area contributed by atoms with Gasteiger partial charge < -0.3 is 10.6 Å². The smallest absolute Gasteiger partial charge is 0.194 e. The summed E-state index contributed by atoms with van der Waals surface area (Å²) in [6, 6.07) is 1.97. The Kier molecular flexibility index (Phi) is 6.49. The first-order valence-corrected chi connectivity index (χ1v) is 12.1. The summed E-state index contributed by atoms with van der Waals surface area (Å²) in [7, 11) is 0. The van der Waals surface area contributed by atoms with Gasteiger partial charge in [-0.3, -0.25) is 9.88 Å². The first kappa shape index (κ1) is 21.5. The number of fused-ring (bicyclic) bond motifs is 2. The van der Waals surface area contributed by atoms with Crippen molar-refractivity contribution in [2.75, 3.05) is 44.6 Å². The average Bonchev–Trinajstić information content (AvgIpc) is 3.15. The third-order valence-corrected chi connectivity index (χ3v) is 7.02. The van der Waals surface area contributed by atoms with Crippen LogP contribution in [-0.4, -0.2) is 69.1 Å². The van der Waals surface area contributed by atoms with Crippen molar-refractivity contribution in [3.05, 3.63) is 41.5 Å². The molecule has 8 nitrogen and oxygen atoms in total. The van der Waals surface area contributed by atoms with Crippen LogP contribution < -0.4 is 10.6 Å². The van der Waals surface area contributed by atoms with E-state index in [2.05, 4.69) is 37.4 Å². The molecule has 1 fully saturated rings. The average molecular weight is 469 g/mol. The summed E-state index contributed by atoms with van der Waals surface area (Å²) < 4.78 is 0. The van der Waals surface area contributed by atoms with Gasteiger partial charge >= 0.3 is 0 Å². The van der Waals surface area contributed by atoms with E-state index in [9.17, 15) is 0 Å². The molecule has 1 aliphatic carbocycles. The Balaban J connectivity index is 1.39. The summed E-state index contributed by atoms with van der Waals surface area (Å²) in [5.74, 6) is 0.814. The molecule has 5 rings (SSSR count). The fourth-order valence-corrected chi connectivity index (χ4v) is 5.20. The lowest BCUT2D eigenvalue weighted by Gasteiger charge is -2.27. The summed E-state index contributed by atoms with van der Waals surface area (Å²) in [6.07, 6.45) is 6.79. The van der Waals surface area contributed by atoms with Crippen LogP contribution in [0.25, 0.3) is 16.2 Å². The number of piperazine rings is 1. The molecule has 0 amide bonds. The van der Waals surface area contributed by atoms with E-state index >= 15 is 0 Å². The molecule has 10 heteroatoms. The van der Waals surface area contributed by atoms with Crippen molar-refractivity contribution in [2.24, 2.45) is 0 Å². The lowest BCUT2D eigenvalue weighted by Crippen LogP contribution is -2.45. The highest BCUT2D eigenvalue weighted by Gasteiger charge is 2.26. The Hall–Kier alpha value is -2.33. The van der Waals surface area contributed by atoms with Gasteiger partial charge in [0.2, 0.25) is 0 Å². The van der Waals surface area contributed by atoms with E-state index in [1.807, 2.05) is 6.07 Å². The van der Waals surface area contributed by atoms with Gasteiger partial charge in [0.05, 0.1) is 16.3 Å². The molecule has 3 aromatic rings. The number of hydrogen-bond acceptors (Lipinski definition) is 9. The van der Waals surface area contributed by atoms with Gasteiger partial charge in [-0.25, -0.2) is 19.9 Å². The zero-order valence-electron chi connectivity index (χ0n) is 17.9. The Morgan fingerprint density at radius 1 is 1.16 bits per heavy atom. The third kappa shape index (κ3) is 4.56. The molecule has 3 aromatic heterocycles. The molecule has 1 aliphatic heterocycles. The minimum atomic E-state index is 0.630. The molecule has 0 aromatic carbocycles. The second-order valence-corrected chi connectivity index (χ2v) is 9.23. The van der Waals surface area contributed by atoms with Gasteiger partial charge in [0.25, 0.3) is 0 Å². The van der Waals surface area contributed by atoms with Crippen molar-refractivity contribution in [1.82, 2.24) is 35.1 Å². The van der Waals surface area contributed by atoms with Crippen LogP contribution in [0.3, 0.4) is 0 Å². The highest BCUT2D eigenvalue weighted by atomic mass is 35.5. The van der Waals surface area contributed by atoms with Gasteiger partial charge in [-0.05, 0) is 29.8 Å². The lowest BCUT2D eigenvalue weighted by molar-refractivity contribution is 0.249. The Labute approximate surface area is 196 Å². The predicted molar refractivity (Wildman–Crippen MR) is 128 cm³/mol. The van der Waals surface area contributed by atoms with Crippen LogP contribution in [0.5, 0.6) is 0 Å². The Morgan fingerprint density at radius 2 is 2.00 bits per heavy atom. The molecule has 32 heavy (non-hydrogen) atoms. The molecule has 0 spiro atoms. The first-order chi connectivity index (χ1) is 15.7. The van der Waals surface area contributed by atoms with Gasteiger partial charge in [0.1, 0.15) is 11.3 Å². The number of allylic oxidation sites excluding steroid dienone is 1. The number of nitrogens with zero attached hydrogens (tertiary/aromatic N) is 6. The number of anilines is 1. The van der Waals surface area contributed by atoms with Crippen LogP contribution in [0.15, 0.2) is 40.3 Å². The van der Waals surface area contributed by atoms with E-state index in [1.165, 1.54) is 17.3 Å². The molecular weight excluding hydrogens is 444 g/mol. The lowest BCUT2D eigenvalue weighted by atomic mass is 10.2. The van der Waals surface area contributed by atoms with E-state index in [4.69, 9.17) is 21.6 Å². The van der Waals surface area contributed by atoms with Crippen molar-refractivity contribution in [1.29, 1.82) is 0 Å². The standard InChI is InChI=1S/C22H25ClN8S/c1-2-14-11-16-18(19(14)23)21(27-7-10-31-8-5-24-6-9-31)30-22(29-16)32-15-12-17-20(28-13-15)26-4-3-25-17/h3-4,12-13,24H,2,5-11H2,1H3,(H,27,29,30). The molecule has 2 aliphatic rings. The minimum Gasteiger partial charge on any atom is -0.368 e. The van der Waals surface area contributed by atoms with E-state index in [0.29, 0.717) is 10.8 Å². The molecule has 0 bridgehead atoms. The summed E-state index contributed by atoms with van der Waals surface area (Å²) in [6.45, 7) is 8.15. The zero-order chi connectivity index (χ0) is 21.9. The summed E-state index contributed by atoms with van der Waals surface area (Å²) in [4.78, 5) is 26.1. The minimum absolute atomic E-state index is 0.630. The van der Waals surface area contributed by atoms with Gasteiger partial charge in [-0.2, -0.15) is 0 Å². The molecule has 166 valence electrons. The van der Waals surface area contributed by atoms with Crippen molar-refractivity contribution >= 4 is 45.4 Å². The monoisotopic (exact) mass is 468 g/mol. The van der Waals surface area contributed by atoms with Crippen LogP contribution in [-0.2, 0) is 6.42 Å². The molecular formula is C22H25ClN8S. The number of hydrogen-bond donors (Lipinski definition) is 2. The number of pyridine rings is 1. The highest BCUT2D eigenvalue weighted by molar-refractivity contribution is 7.99.